The second-order valence-electron chi connectivity index (χ2n) is 4.49. The second kappa shape index (κ2) is 5.05. The number of carbonyl (C=O) groups excluding carboxylic acids is 1. The van der Waals surface area contributed by atoms with Gasteiger partial charge in [-0.2, -0.15) is 5.10 Å². The molecule has 1 amide bonds. The number of amides is 1. The van der Waals surface area contributed by atoms with Crippen LogP contribution in [0.3, 0.4) is 0 Å². The fourth-order valence-electron chi connectivity index (χ4n) is 1.95. The van der Waals surface area contributed by atoms with Crippen LogP contribution in [0.25, 0.3) is 10.9 Å². The molecule has 0 radical (unpaired) electrons. The molecule has 0 saturated carbocycles. The number of benzene rings is 1. The number of aromatic amines is 1. The molecule has 0 bridgehead atoms. The number of furan rings is 1. The first-order chi connectivity index (χ1) is 9.72. The Morgan fingerprint density at radius 1 is 1.35 bits per heavy atom. The van der Waals surface area contributed by atoms with Gasteiger partial charge in [-0.1, -0.05) is 11.6 Å². The van der Waals surface area contributed by atoms with Crippen molar-refractivity contribution in [2.75, 3.05) is 0 Å². The summed E-state index contributed by atoms with van der Waals surface area (Å²) in [6.07, 6.45) is 2.99. The van der Waals surface area contributed by atoms with Gasteiger partial charge in [-0.25, -0.2) is 5.43 Å². The van der Waals surface area contributed by atoms with E-state index in [1.165, 1.54) is 6.21 Å². The quantitative estimate of drug-likeness (QED) is 0.566. The molecule has 2 N–H and O–H groups in total. The molecule has 3 rings (SSSR count). The number of rotatable bonds is 3. The van der Waals surface area contributed by atoms with Crippen LogP contribution in [0.5, 0.6) is 0 Å². The molecule has 0 unspecified atom stereocenters. The predicted octanol–water partition coefficient (Wildman–Crippen LogP) is 2.83. The van der Waals surface area contributed by atoms with Crippen molar-refractivity contribution in [3.63, 3.8) is 0 Å². The first kappa shape index (κ1) is 12.2. The van der Waals surface area contributed by atoms with Gasteiger partial charge in [-0.05, 0) is 37.3 Å². The fraction of sp³-hybridized carbons (Fsp3) is 0.0667. The van der Waals surface area contributed by atoms with Gasteiger partial charge >= 0.3 is 0 Å². The Hall–Kier alpha value is -2.82. The number of hydrogen-bond donors (Lipinski definition) is 2. The van der Waals surface area contributed by atoms with E-state index in [2.05, 4.69) is 15.5 Å². The number of hydrazone groups is 1. The monoisotopic (exact) mass is 267 g/mol. The van der Waals surface area contributed by atoms with E-state index in [9.17, 15) is 4.79 Å². The molecule has 2 heterocycles. The lowest BCUT2D eigenvalue weighted by atomic mass is 10.2. The Kier molecular flexibility index (Phi) is 3.09. The first-order valence-electron chi connectivity index (χ1n) is 6.19. The second-order valence-corrected chi connectivity index (χ2v) is 4.49. The number of aromatic nitrogens is 1. The summed E-state index contributed by atoms with van der Waals surface area (Å²) in [7, 11) is 0. The SMILES string of the molecule is Cc1ccc2[nH]c(C(=O)N/N=C\c3ccco3)cc2c1. The minimum atomic E-state index is -0.290. The van der Waals surface area contributed by atoms with Gasteiger partial charge in [0.05, 0.1) is 12.5 Å². The largest absolute Gasteiger partial charge is 0.463 e. The van der Waals surface area contributed by atoms with E-state index in [-0.39, 0.29) is 5.91 Å². The first-order valence-corrected chi connectivity index (χ1v) is 6.19. The minimum Gasteiger partial charge on any atom is -0.463 e. The van der Waals surface area contributed by atoms with Crippen LogP contribution in [0.4, 0.5) is 0 Å². The molecule has 0 saturated heterocycles. The fourth-order valence-corrected chi connectivity index (χ4v) is 1.95. The molecule has 1 aromatic carbocycles. The highest BCUT2D eigenvalue weighted by molar-refractivity contribution is 5.98. The number of aryl methyl sites for hydroxylation is 1. The molecule has 3 aromatic rings. The maximum Gasteiger partial charge on any atom is 0.287 e. The zero-order chi connectivity index (χ0) is 13.9. The summed E-state index contributed by atoms with van der Waals surface area (Å²) in [4.78, 5) is 15.0. The molecule has 0 aliphatic heterocycles. The smallest absolute Gasteiger partial charge is 0.287 e. The Labute approximate surface area is 115 Å². The normalized spacial score (nSPS) is 11.2. The van der Waals surface area contributed by atoms with Gasteiger partial charge in [-0.15, -0.1) is 0 Å². The van der Waals surface area contributed by atoms with E-state index in [0.29, 0.717) is 11.5 Å². The van der Waals surface area contributed by atoms with Crippen molar-refractivity contribution < 1.29 is 9.21 Å². The average molecular weight is 267 g/mol. The molecule has 0 aliphatic carbocycles. The van der Waals surface area contributed by atoms with Crippen LogP contribution >= 0.6 is 0 Å². The van der Waals surface area contributed by atoms with Crippen LogP contribution in [-0.2, 0) is 0 Å². The Morgan fingerprint density at radius 2 is 2.25 bits per heavy atom. The van der Waals surface area contributed by atoms with E-state index in [0.717, 1.165) is 16.5 Å². The van der Waals surface area contributed by atoms with E-state index >= 15 is 0 Å². The molecule has 5 heteroatoms. The summed E-state index contributed by atoms with van der Waals surface area (Å²) in [6.45, 7) is 2.01. The van der Waals surface area contributed by atoms with E-state index < -0.39 is 0 Å². The third-order valence-corrected chi connectivity index (χ3v) is 2.92. The number of hydrogen-bond acceptors (Lipinski definition) is 3. The summed E-state index contributed by atoms with van der Waals surface area (Å²) in [5, 5.41) is 4.84. The molecule has 100 valence electrons. The highest BCUT2D eigenvalue weighted by Crippen LogP contribution is 2.16. The molecule has 0 aliphatic rings. The van der Waals surface area contributed by atoms with E-state index in [1.54, 1.807) is 24.5 Å². The minimum absolute atomic E-state index is 0.290. The molecular weight excluding hydrogens is 254 g/mol. The maximum absolute atomic E-state index is 11.9. The maximum atomic E-state index is 11.9. The Bertz CT molecular complexity index is 770. The molecule has 20 heavy (non-hydrogen) atoms. The molecule has 2 aromatic heterocycles. The number of carbonyl (C=O) groups is 1. The van der Waals surface area contributed by atoms with Crippen LogP contribution in [0.2, 0.25) is 0 Å². The Morgan fingerprint density at radius 3 is 3.05 bits per heavy atom. The number of nitrogens with one attached hydrogen (secondary N) is 2. The topological polar surface area (TPSA) is 70.4 Å². The predicted molar refractivity (Wildman–Crippen MR) is 76.8 cm³/mol. The van der Waals surface area contributed by atoms with Crippen LogP contribution in [0.1, 0.15) is 21.8 Å². The van der Waals surface area contributed by atoms with Crippen LogP contribution in [-0.4, -0.2) is 17.1 Å². The number of H-pyrrole nitrogens is 1. The van der Waals surface area contributed by atoms with Crippen molar-refractivity contribution in [1.82, 2.24) is 10.4 Å². The highest BCUT2D eigenvalue weighted by Gasteiger charge is 2.08. The molecule has 0 fully saturated rings. The molecule has 5 nitrogen and oxygen atoms in total. The van der Waals surface area contributed by atoms with Crippen LogP contribution in [0, 0.1) is 6.92 Å². The van der Waals surface area contributed by atoms with Crippen molar-refractivity contribution in [2.24, 2.45) is 5.10 Å². The lowest BCUT2D eigenvalue weighted by molar-refractivity contribution is 0.0951. The van der Waals surface area contributed by atoms with Crippen molar-refractivity contribution in [3.05, 3.63) is 59.7 Å². The molecule has 0 spiro atoms. The van der Waals surface area contributed by atoms with Crippen molar-refractivity contribution in [2.45, 2.75) is 6.92 Å². The summed E-state index contributed by atoms with van der Waals surface area (Å²) < 4.78 is 5.07. The number of fused-ring (bicyclic) bond motifs is 1. The van der Waals surface area contributed by atoms with Crippen LogP contribution < -0.4 is 5.43 Å². The zero-order valence-corrected chi connectivity index (χ0v) is 10.9. The van der Waals surface area contributed by atoms with Crippen molar-refractivity contribution in [1.29, 1.82) is 0 Å². The van der Waals surface area contributed by atoms with Gasteiger partial charge in [0.25, 0.3) is 5.91 Å². The Balaban J connectivity index is 1.75. The van der Waals surface area contributed by atoms with Gasteiger partial charge in [-0.3, -0.25) is 4.79 Å². The summed E-state index contributed by atoms with van der Waals surface area (Å²) in [6, 6.07) is 11.3. The van der Waals surface area contributed by atoms with Crippen molar-refractivity contribution in [3.8, 4) is 0 Å². The highest BCUT2D eigenvalue weighted by atomic mass is 16.3. The summed E-state index contributed by atoms with van der Waals surface area (Å²) in [5.41, 5.74) is 5.01. The lowest BCUT2D eigenvalue weighted by Gasteiger charge is -1.94. The third-order valence-electron chi connectivity index (χ3n) is 2.92. The zero-order valence-electron chi connectivity index (χ0n) is 10.9. The summed E-state index contributed by atoms with van der Waals surface area (Å²) >= 11 is 0. The van der Waals surface area contributed by atoms with Crippen molar-refractivity contribution >= 4 is 23.0 Å². The average Bonchev–Trinajstić information content (AvgIpc) is 3.06. The van der Waals surface area contributed by atoms with Gasteiger partial charge in [0, 0.05) is 10.9 Å². The van der Waals surface area contributed by atoms with Crippen LogP contribution in [0.15, 0.2) is 52.2 Å². The van der Waals surface area contributed by atoms with Gasteiger partial charge in [0.15, 0.2) is 0 Å². The number of nitrogens with zero attached hydrogens (tertiary/aromatic N) is 1. The molecule has 0 atom stereocenters. The van der Waals surface area contributed by atoms with E-state index in [1.807, 2.05) is 25.1 Å². The standard InChI is InChI=1S/C15H13N3O2/c1-10-4-5-13-11(7-10)8-14(17-13)15(19)18-16-9-12-3-2-6-20-12/h2-9,17H,1H3,(H,18,19)/b16-9-. The van der Waals surface area contributed by atoms with E-state index in [4.69, 9.17) is 4.42 Å². The lowest BCUT2D eigenvalue weighted by Crippen LogP contribution is -2.17. The van der Waals surface area contributed by atoms with Gasteiger partial charge in [0.2, 0.25) is 0 Å². The molecular formula is C15H13N3O2. The summed E-state index contributed by atoms with van der Waals surface area (Å²) in [5.74, 6) is 0.291. The van der Waals surface area contributed by atoms with Gasteiger partial charge < -0.3 is 9.40 Å². The third kappa shape index (κ3) is 2.47. The van der Waals surface area contributed by atoms with Gasteiger partial charge in [0.1, 0.15) is 11.5 Å².